The molecule has 1 N–H and O–H groups in total. The van der Waals surface area contributed by atoms with Gasteiger partial charge in [0.15, 0.2) is 0 Å². The van der Waals surface area contributed by atoms with Crippen LogP contribution in [0.3, 0.4) is 0 Å². The molecule has 0 aromatic carbocycles. The molecule has 0 saturated carbocycles. The molecule has 0 rings (SSSR count). The fraction of sp³-hybridized carbons (Fsp3) is 1.00. The van der Waals surface area contributed by atoms with E-state index in [1.807, 2.05) is 0 Å². The molecular weight excluding hydrogens is 225 g/mol. The number of nitrogens with one attached hydrogen (secondary N) is 1. The Bertz CT molecular complexity index is 63.9. The van der Waals surface area contributed by atoms with Crippen LogP contribution < -0.4 is 5.32 Å². The van der Waals surface area contributed by atoms with Gasteiger partial charge in [0.25, 0.3) is 0 Å². The van der Waals surface area contributed by atoms with Gasteiger partial charge in [-0.15, -0.1) is 0 Å². The predicted octanol–water partition coefficient (Wildman–Crippen LogP) is 2.06. The van der Waals surface area contributed by atoms with Crippen molar-refractivity contribution in [1.29, 1.82) is 0 Å². The van der Waals surface area contributed by atoms with Crippen LogP contribution in [-0.2, 0) is 0 Å². The molecule has 0 aliphatic carbocycles. The Balaban J connectivity index is 3.41. The van der Waals surface area contributed by atoms with Gasteiger partial charge in [0.2, 0.25) is 0 Å². The van der Waals surface area contributed by atoms with E-state index in [4.69, 9.17) is 0 Å². The van der Waals surface area contributed by atoms with E-state index in [9.17, 15) is 0 Å². The SMILES string of the molecule is CCNC(CI)C(C)C. The summed E-state index contributed by atoms with van der Waals surface area (Å²) in [5, 5.41) is 3.42. The molecule has 1 unspecified atom stereocenters. The van der Waals surface area contributed by atoms with Crippen LogP contribution in [-0.4, -0.2) is 17.0 Å². The molecule has 1 nitrogen and oxygen atoms in total. The molecule has 2 heteroatoms. The van der Waals surface area contributed by atoms with Gasteiger partial charge in [-0.05, 0) is 12.5 Å². The minimum absolute atomic E-state index is 0.704. The standard InChI is InChI=1S/C7H16IN/c1-4-9-7(5-8)6(2)3/h6-7,9H,4-5H2,1-3H3. The van der Waals surface area contributed by atoms with Gasteiger partial charge < -0.3 is 5.32 Å². The van der Waals surface area contributed by atoms with Crippen LogP contribution in [0, 0.1) is 5.92 Å². The lowest BCUT2D eigenvalue weighted by Gasteiger charge is -2.18. The first kappa shape index (κ1) is 9.69. The highest BCUT2D eigenvalue weighted by Crippen LogP contribution is 2.03. The first-order valence-electron chi connectivity index (χ1n) is 3.51. The average molecular weight is 241 g/mol. The maximum atomic E-state index is 3.42. The number of hydrogen-bond donors (Lipinski definition) is 1. The molecule has 0 fully saturated rings. The second kappa shape index (κ2) is 5.47. The first-order valence-corrected chi connectivity index (χ1v) is 5.04. The van der Waals surface area contributed by atoms with E-state index in [-0.39, 0.29) is 0 Å². The van der Waals surface area contributed by atoms with Crippen LogP contribution in [0.1, 0.15) is 20.8 Å². The normalized spacial score (nSPS) is 14.3. The fourth-order valence-electron chi connectivity index (χ4n) is 0.731. The van der Waals surface area contributed by atoms with E-state index >= 15 is 0 Å². The maximum Gasteiger partial charge on any atom is 0.0180 e. The number of alkyl halides is 1. The average Bonchev–Trinajstić information content (AvgIpc) is 1.82. The highest BCUT2D eigenvalue weighted by atomic mass is 127. The molecule has 0 bridgehead atoms. The second-order valence-electron chi connectivity index (χ2n) is 2.56. The number of rotatable bonds is 4. The molecule has 1 atom stereocenters. The molecule has 9 heavy (non-hydrogen) atoms. The molecule has 0 amide bonds. The zero-order valence-corrected chi connectivity index (χ0v) is 8.60. The minimum atomic E-state index is 0.704. The third-order valence-electron chi connectivity index (χ3n) is 1.44. The van der Waals surface area contributed by atoms with Crippen LogP contribution >= 0.6 is 22.6 Å². The Morgan fingerprint density at radius 3 is 2.11 bits per heavy atom. The molecular formula is C7H16IN. The van der Waals surface area contributed by atoms with Gasteiger partial charge in [-0.25, -0.2) is 0 Å². The van der Waals surface area contributed by atoms with Gasteiger partial charge in [0, 0.05) is 10.5 Å². The summed E-state index contributed by atoms with van der Waals surface area (Å²) in [5.41, 5.74) is 0. The van der Waals surface area contributed by atoms with Crippen LogP contribution in [0.5, 0.6) is 0 Å². The molecule has 0 saturated heterocycles. The molecule has 0 aromatic heterocycles. The molecule has 0 aliphatic rings. The van der Waals surface area contributed by atoms with Crippen molar-refractivity contribution < 1.29 is 0 Å². The molecule has 0 radical (unpaired) electrons. The number of halogens is 1. The highest BCUT2D eigenvalue weighted by molar-refractivity contribution is 14.1. The van der Waals surface area contributed by atoms with E-state index in [2.05, 4.69) is 48.7 Å². The van der Waals surface area contributed by atoms with Gasteiger partial charge in [-0.2, -0.15) is 0 Å². The fourth-order valence-corrected chi connectivity index (χ4v) is 2.06. The van der Waals surface area contributed by atoms with Crippen molar-refractivity contribution in [2.45, 2.75) is 26.8 Å². The van der Waals surface area contributed by atoms with Crippen LogP contribution in [0.25, 0.3) is 0 Å². The van der Waals surface area contributed by atoms with E-state index in [1.165, 1.54) is 4.43 Å². The van der Waals surface area contributed by atoms with Crippen LogP contribution in [0.4, 0.5) is 0 Å². The zero-order valence-electron chi connectivity index (χ0n) is 6.45. The highest BCUT2D eigenvalue weighted by Gasteiger charge is 2.08. The maximum absolute atomic E-state index is 3.42. The van der Waals surface area contributed by atoms with E-state index in [0.717, 1.165) is 12.5 Å². The van der Waals surface area contributed by atoms with Crippen molar-refractivity contribution in [3.63, 3.8) is 0 Å². The Kier molecular flexibility index (Phi) is 5.89. The predicted molar refractivity (Wildman–Crippen MR) is 51.2 cm³/mol. The van der Waals surface area contributed by atoms with E-state index < -0.39 is 0 Å². The van der Waals surface area contributed by atoms with Gasteiger partial charge in [-0.1, -0.05) is 43.4 Å². The topological polar surface area (TPSA) is 12.0 Å². The summed E-state index contributed by atoms with van der Waals surface area (Å²) in [6, 6.07) is 0.704. The van der Waals surface area contributed by atoms with Gasteiger partial charge in [0.1, 0.15) is 0 Å². The van der Waals surface area contributed by atoms with Crippen LogP contribution in [0.15, 0.2) is 0 Å². The lowest BCUT2D eigenvalue weighted by molar-refractivity contribution is 0.448. The molecule has 0 spiro atoms. The monoisotopic (exact) mass is 241 g/mol. The van der Waals surface area contributed by atoms with Crippen molar-refractivity contribution in [3.8, 4) is 0 Å². The summed E-state index contributed by atoms with van der Waals surface area (Å²) in [6.07, 6.45) is 0. The summed E-state index contributed by atoms with van der Waals surface area (Å²) in [6.45, 7) is 7.76. The van der Waals surface area contributed by atoms with Crippen LogP contribution in [0.2, 0.25) is 0 Å². The Hall–Kier alpha value is 0.690. The molecule has 0 aromatic rings. The summed E-state index contributed by atoms with van der Waals surface area (Å²) < 4.78 is 1.21. The Labute approximate surface area is 71.7 Å². The number of hydrogen-bond acceptors (Lipinski definition) is 1. The largest absolute Gasteiger partial charge is 0.313 e. The van der Waals surface area contributed by atoms with Crippen molar-refractivity contribution in [3.05, 3.63) is 0 Å². The van der Waals surface area contributed by atoms with Gasteiger partial charge in [0.05, 0.1) is 0 Å². The Morgan fingerprint density at radius 2 is 2.00 bits per heavy atom. The quantitative estimate of drug-likeness (QED) is 0.586. The summed E-state index contributed by atoms with van der Waals surface area (Å²) in [5.74, 6) is 0.766. The lowest BCUT2D eigenvalue weighted by atomic mass is 10.1. The van der Waals surface area contributed by atoms with E-state index in [0.29, 0.717) is 6.04 Å². The van der Waals surface area contributed by atoms with Crippen molar-refractivity contribution >= 4 is 22.6 Å². The summed E-state index contributed by atoms with van der Waals surface area (Å²) >= 11 is 2.43. The zero-order chi connectivity index (χ0) is 7.28. The van der Waals surface area contributed by atoms with Gasteiger partial charge in [-0.3, -0.25) is 0 Å². The molecule has 56 valence electrons. The lowest BCUT2D eigenvalue weighted by Crippen LogP contribution is -2.34. The van der Waals surface area contributed by atoms with Crippen molar-refractivity contribution in [2.24, 2.45) is 5.92 Å². The molecule has 0 heterocycles. The molecule has 0 aliphatic heterocycles. The summed E-state index contributed by atoms with van der Waals surface area (Å²) in [7, 11) is 0. The minimum Gasteiger partial charge on any atom is -0.313 e. The summed E-state index contributed by atoms with van der Waals surface area (Å²) in [4.78, 5) is 0. The third kappa shape index (κ3) is 4.14. The van der Waals surface area contributed by atoms with E-state index in [1.54, 1.807) is 0 Å². The third-order valence-corrected chi connectivity index (χ3v) is 2.39. The smallest absolute Gasteiger partial charge is 0.0180 e. The van der Waals surface area contributed by atoms with Crippen molar-refractivity contribution in [1.82, 2.24) is 5.32 Å². The van der Waals surface area contributed by atoms with Gasteiger partial charge >= 0.3 is 0 Å². The van der Waals surface area contributed by atoms with Crippen molar-refractivity contribution in [2.75, 3.05) is 11.0 Å². The first-order chi connectivity index (χ1) is 4.22. The second-order valence-corrected chi connectivity index (χ2v) is 3.44. The Morgan fingerprint density at radius 1 is 1.44 bits per heavy atom.